The molecule has 0 aliphatic carbocycles. The van der Waals surface area contributed by atoms with Gasteiger partial charge in [0.25, 0.3) is 0 Å². The van der Waals surface area contributed by atoms with Crippen molar-refractivity contribution in [3.63, 3.8) is 0 Å². The van der Waals surface area contributed by atoms with Gasteiger partial charge in [0.15, 0.2) is 5.78 Å². The number of nitrogens with two attached hydrogens (primary N) is 1. The van der Waals surface area contributed by atoms with E-state index in [9.17, 15) is 4.79 Å². The Balaban J connectivity index is 3.02. The van der Waals surface area contributed by atoms with Gasteiger partial charge in [-0.05, 0) is 27.9 Å². The van der Waals surface area contributed by atoms with Crippen molar-refractivity contribution < 1.29 is 4.79 Å². The Kier molecular flexibility index (Phi) is 3.64. The Labute approximate surface area is 90.3 Å². The van der Waals surface area contributed by atoms with Gasteiger partial charge in [-0.3, -0.25) is 4.79 Å². The molecule has 0 unspecified atom stereocenters. The minimum absolute atomic E-state index is 0.0117. The highest BCUT2D eigenvalue weighted by Gasteiger charge is 2.13. The van der Waals surface area contributed by atoms with Crippen LogP contribution in [0, 0.1) is 0 Å². The minimum Gasteiger partial charge on any atom is -0.324 e. The number of ketones is 1. The van der Waals surface area contributed by atoms with E-state index < -0.39 is 0 Å². The normalized spacial score (nSPS) is 10.8. The lowest BCUT2D eigenvalue weighted by atomic mass is 10.2. The average Bonchev–Trinajstić information content (AvgIpc) is 2.46. The van der Waals surface area contributed by atoms with Gasteiger partial charge in [-0.1, -0.05) is 13.8 Å². The summed E-state index contributed by atoms with van der Waals surface area (Å²) in [6.45, 7) is 4.30. The highest BCUT2D eigenvalue weighted by Crippen LogP contribution is 2.33. The van der Waals surface area contributed by atoms with Crippen molar-refractivity contribution >= 4 is 33.0 Å². The Hall–Kier alpha value is -0.190. The Morgan fingerprint density at radius 3 is 2.69 bits per heavy atom. The number of thiophene rings is 1. The third-order valence-electron chi connectivity index (χ3n) is 1.70. The molecule has 0 saturated heterocycles. The molecule has 0 fully saturated rings. The molecule has 0 aliphatic heterocycles. The van der Waals surface area contributed by atoms with Gasteiger partial charge >= 0.3 is 0 Å². The predicted molar refractivity (Wildman–Crippen MR) is 59.5 cm³/mol. The lowest BCUT2D eigenvalue weighted by molar-refractivity contribution is 0.100. The van der Waals surface area contributed by atoms with Crippen LogP contribution in [0.25, 0.3) is 0 Å². The summed E-state index contributed by atoms with van der Waals surface area (Å²) in [6.07, 6.45) is 0. The fourth-order valence-electron chi connectivity index (χ4n) is 1.01. The summed E-state index contributed by atoms with van der Waals surface area (Å²) in [7, 11) is 0. The Morgan fingerprint density at radius 1 is 1.69 bits per heavy atom. The van der Waals surface area contributed by atoms with Crippen molar-refractivity contribution in [1.82, 2.24) is 0 Å². The van der Waals surface area contributed by atoms with Crippen LogP contribution in [0.4, 0.5) is 0 Å². The molecule has 72 valence electrons. The van der Waals surface area contributed by atoms with Gasteiger partial charge < -0.3 is 5.73 Å². The summed E-state index contributed by atoms with van der Waals surface area (Å²) < 4.78 is 1.02. The molecule has 0 atom stereocenters. The van der Waals surface area contributed by atoms with Gasteiger partial charge in [-0.25, -0.2) is 0 Å². The maximum absolute atomic E-state index is 11.3. The number of hydrogen-bond donors (Lipinski definition) is 1. The maximum Gasteiger partial charge on any atom is 0.186 e. The minimum atomic E-state index is 0.0117. The lowest BCUT2D eigenvalue weighted by Gasteiger charge is -1.99. The zero-order valence-electron chi connectivity index (χ0n) is 7.63. The summed E-state index contributed by atoms with van der Waals surface area (Å²) >= 11 is 4.96. The molecule has 4 heteroatoms. The molecule has 0 aliphatic rings. The van der Waals surface area contributed by atoms with Crippen LogP contribution in [0.2, 0.25) is 0 Å². The quantitative estimate of drug-likeness (QED) is 0.851. The van der Waals surface area contributed by atoms with Crippen LogP contribution in [-0.2, 0) is 0 Å². The molecule has 1 aromatic rings. The number of halogens is 1. The second-order valence-electron chi connectivity index (χ2n) is 3.10. The predicted octanol–water partition coefficient (Wildman–Crippen LogP) is 2.78. The fourth-order valence-corrected chi connectivity index (χ4v) is 3.10. The number of Topliss-reactive ketones (excluding diaryl/α,β-unsaturated/α-hetero) is 1. The van der Waals surface area contributed by atoms with Crippen LogP contribution >= 0.6 is 27.3 Å². The fraction of sp³-hybridized carbons (Fsp3) is 0.444. The van der Waals surface area contributed by atoms with E-state index in [1.165, 1.54) is 16.2 Å². The largest absolute Gasteiger partial charge is 0.324 e. The molecule has 0 saturated carbocycles. The van der Waals surface area contributed by atoms with Crippen molar-refractivity contribution in [2.45, 2.75) is 19.8 Å². The third-order valence-corrected chi connectivity index (χ3v) is 4.09. The average molecular weight is 262 g/mol. The van der Waals surface area contributed by atoms with Crippen molar-refractivity contribution in [2.75, 3.05) is 6.54 Å². The molecule has 13 heavy (non-hydrogen) atoms. The highest BCUT2D eigenvalue weighted by molar-refractivity contribution is 9.10. The second-order valence-corrected chi connectivity index (χ2v) is 5.04. The first-order chi connectivity index (χ1) is 6.06. The topological polar surface area (TPSA) is 43.1 Å². The zero-order valence-corrected chi connectivity index (χ0v) is 10.0. The van der Waals surface area contributed by atoms with Crippen molar-refractivity contribution in [1.29, 1.82) is 0 Å². The van der Waals surface area contributed by atoms with Crippen molar-refractivity contribution in [3.8, 4) is 0 Å². The van der Waals surface area contributed by atoms with E-state index >= 15 is 0 Å². The molecule has 2 N–H and O–H groups in total. The molecule has 0 radical (unpaired) electrons. The maximum atomic E-state index is 11.3. The number of carbonyl (C=O) groups excluding carboxylic acids is 1. The second kappa shape index (κ2) is 4.35. The molecular weight excluding hydrogens is 250 g/mol. The van der Waals surface area contributed by atoms with Crippen LogP contribution < -0.4 is 5.73 Å². The molecule has 1 aromatic heterocycles. The zero-order chi connectivity index (χ0) is 10.0. The van der Waals surface area contributed by atoms with E-state index in [-0.39, 0.29) is 12.3 Å². The van der Waals surface area contributed by atoms with Gasteiger partial charge in [0, 0.05) is 9.35 Å². The van der Waals surface area contributed by atoms with Gasteiger partial charge in [-0.2, -0.15) is 0 Å². The molecule has 1 rings (SSSR count). The van der Waals surface area contributed by atoms with Crippen LogP contribution in [0.1, 0.15) is 34.3 Å². The smallest absolute Gasteiger partial charge is 0.186 e. The monoisotopic (exact) mass is 261 g/mol. The molecule has 0 amide bonds. The number of rotatable bonds is 3. The number of hydrogen-bond acceptors (Lipinski definition) is 3. The van der Waals surface area contributed by atoms with Crippen LogP contribution in [-0.4, -0.2) is 12.3 Å². The molecule has 2 nitrogen and oxygen atoms in total. The first-order valence-corrected chi connectivity index (χ1v) is 5.69. The van der Waals surface area contributed by atoms with E-state index in [4.69, 9.17) is 5.73 Å². The van der Waals surface area contributed by atoms with Crippen molar-refractivity contribution in [3.05, 3.63) is 20.3 Å². The van der Waals surface area contributed by atoms with E-state index in [0.717, 1.165) is 9.35 Å². The summed E-state index contributed by atoms with van der Waals surface area (Å²) in [5, 5.41) is 0. The highest BCUT2D eigenvalue weighted by atomic mass is 79.9. The standard InChI is InChI=1S/C9H12BrNOS/c1-5(2)9-6(10)3-8(13-9)7(12)4-11/h3,5H,4,11H2,1-2H3. The Morgan fingerprint density at radius 2 is 2.31 bits per heavy atom. The SMILES string of the molecule is CC(C)c1sc(C(=O)CN)cc1Br. The molecule has 1 heterocycles. The Bertz CT molecular complexity index is 319. The molecule has 0 aromatic carbocycles. The van der Waals surface area contributed by atoms with Gasteiger partial charge in [0.1, 0.15) is 0 Å². The first-order valence-electron chi connectivity index (χ1n) is 4.08. The first kappa shape index (κ1) is 10.9. The molecular formula is C9H12BrNOS. The van der Waals surface area contributed by atoms with Crippen LogP contribution in [0.3, 0.4) is 0 Å². The van der Waals surface area contributed by atoms with E-state index in [1.54, 1.807) is 0 Å². The lowest BCUT2D eigenvalue weighted by Crippen LogP contribution is -2.11. The summed E-state index contributed by atoms with van der Waals surface area (Å²) in [5.74, 6) is 0.455. The van der Waals surface area contributed by atoms with E-state index in [2.05, 4.69) is 29.8 Å². The summed E-state index contributed by atoms with van der Waals surface area (Å²) in [4.78, 5) is 13.2. The molecule has 0 spiro atoms. The van der Waals surface area contributed by atoms with E-state index in [0.29, 0.717) is 5.92 Å². The van der Waals surface area contributed by atoms with E-state index in [1.807, 2.05) is 6.07 Å². The van der Waals surface area contributed by atoms with Gasteiger partial charge in [-0.15, -0.1) is 11.3 Å². The van der Waals surface area contributed by atoms with Gasteiger partial charge in [0.2, 0.25) is 0 Å². The molecule has 0 bridgehead atoms. The third kappa shape index (κ3) is 2.39. The van der Waals surface area contributed by atoms with Gasteiger partial charge in [0.05, 0.1) is 11.4 Å². The van der Waals surface area contributed by atoms with Crippen molar-refractivity contribution in [2.24, 2.45) is 5.73 Å². The summed E-state index contributed by atoms with van der Waals surface area (Å²) in [6, 6.07) is 1.86. The number of carbonyl (C=O) groups is 1. The van der Waals surface area contributed by atoms with Crippen LogP contribution in [0.15, 0.2) is 10.5 Å². The summed E-state index contributed by atoms with van der Waals surface area (Å²) in [5.41, 5.74) is 5.28. The van der Waals surface area contributed by atoms with Crippen LogP contribution in [0.5, 0.6) is 0 Å².